The zero-order valence-corrected chi connectivity index (χ0v) is 13.6. The Balaban J connectivity index is 1.74. The predicted molar refractivity (Wildman–Crippen MR) is 82.9 cm³/mol. The molecule has 2 rings (SSSR count). The smallest absolute Gasteiger partial charge is 0.321 e. The molecule has 1 saturated heterocycles. The third-order valence-electron chi connectivity index (χ3n) is 4.48. The highest BCUT2D eigenvalue weighted by Gasteiger charge is 2.31. The molecule has 21 heavy (non-hydrogen) atoms. The second-order valence-corrected chi connectivity index (χ2v) is 7.58. The molecule has 5 nitrogen and oxygen atoms in total. The summed E-state index contributed by atoms with van der Waals surface area (Å²) >= 11 is 0. The maximum absolute atomic E-state index is 12.0. The number of carbonyl (C=O) groups excluding carboxylic acids is 2. The number of piperidine rings is 1. The van der Waals surface area contributed by atoms with Gasteiger partial charge in [0.2, 0.25) is 5.91 Å². The minimum atomic E-state index is -0.403. The van der Waals surface area contributed by atoms with Crippen molar-refractivity contribution in [2.75, 3.05) is 19.6 Å². The topological polar surface area (TPSA) is 61.4 Å². The Morgan fingerprint density at radius 2 is 1.76 bits per heavy atom. The van der Waals surface area contributed by atoms with Crippen LogP contribution in [0.3, 0.4) is 0 Å². The van der Waals surface area contributed by atoms with E-state index in [1.54, 1.807) is 0 Å². The van der Waals surface area contributed by atoms with Crippen LogP contribution in [-0.2, 0) is 4.79 Å². The number of nitrogens with zero attached hydrogens (tertiary/aromatic N) is 1. The lowest BCUT2D eigenvalue weighted by Gasteiger charge is -2.41. The highest BCUT2D eigenvalue weighted by atomic mass is 16.2. The predicted octanol–water partition coefficient (Wildman–Crippen LogP) is 2.12. The lowest BCUT2D eigenvalue weighted by molar-refractivity contribution is -0.121. The van der Waals surface area contributed by atoms with Crippen molar-refractivity contribution in [1.82, 2.24) is 15.5 Å². The van der Waals surface area contributed by atoms with Crippen molar-refractivity contribution in [3.05, 3.63) is 0 Å². The molecule has 0 aromatic heterocycles. The average molecular weight is 295 g/mol. The lowest BCUT2D eigenvalue weighted by Crippen LogP contribution is -2.51. The summed E-state index contributed by atoms with van der Waals surface area (Å²) in [5, 5.41) is 5.17. The molecule has 1 heterocycles. The Kier molecular flexibility index (Phi) is 5.25. The second-order valence-electron chi connectivity index (χ2n) is 7.58. The first-order valence-electron chi connectivity index (χ1n) is 8.18. The van der Waals surface area contributed by atoms with Crippen LogP contribution < -0.4 is 10.6 Å². The Bertz CT molecular complexity index is 389. The summed E-state index contributed by atoms with van der Waals surface area (Å²) in [6.45, 7) is 8.01. The molecule has 0 spiro atoms. The van der Waals surface area contributed by atoms with Crippen molar-refractivity contribution in [2.24, 2.45) is 11.8 Å². The monoisotopic (exact) mass is 295 g/mol. The minimum Gasteiger partial charge on any atom is -0.333 e. The number of nitrogens with one attached hydrogen (secondary N) is 2. The van der Waals surface area contributed by atoms with Crippen molar-refractivity contribution >= 4 is 11.9 Å². The van der Waals surface area contributed by atoms with Gasteiger partial charge in [0.15, 0.2) is 0 Å². The molecule has 2 aliphatic rings. The fraction of sp³-hybridized carbons (Fsp3) is 0.875. The highest BCUT2D eigenvalue weighted by Crippen LogP contribution is 2.35. The van der Waals surface area contributed by atoms with Gasteiger partial charge >= 0.3 is 6.03 Å². The van der Waals surface area contributed by atoms with Gasteiger partial charge in [-0.25, -0.2) is 4.79 Å². The van der Waals surface area contributed by atoms with Crippen LogP contribution in [0.1, 0.15) is 52.9 Å². The second kappa shape index (κ2) is 6.77. The van der Waals surface area contributed by atoms with E-state index in [1.807, 2.05) is 20.8 Å². The normalized spacial score (nSPS) is 26.8. The van der Waals surface area contributed by atoms with Gasteiger partial charge < -0.3 is 5.32 Å². The van der Waals surface area contributed by atoms with Gasteiger partial charge in [-0.15, -0.1) is 0 Å². The molecule has 120 valence electrons. The molecule has 2 N–H and O–H groups in total. The molecular weight excluding hydrogens is 266 g/mol. The maximum atomic E-state index is 12.0. The van der Waals surface area contributed by atoms with Crippen molar-refractivity contribution < 1.29 is 9.59 Å². The molecule has 5 heteroatoms. The van der Waals surface area contributed by atoms with Crippen LogP contribution in [-0.4, -0.2) is 42.0 Å². The molecule has 2 fully saturated rings. The van der Waals surface area contributed by atoms with E-state index in [2.05, 4.69) is 15.5 Å². The zero-order valence-electron chi connectivity index (χ0n) is 13.6. The first-order chi connectivity index (χ1) is 9.83. The van der Waals surface area contributed by atoms with E-state index in [9.17, 15) is 9.59 Å². The maximum Gasteiger partial charge on any atom is 0.321 e. The molecule has 0 aromatic rings. The summed E-state index contributed by atoms with van der Waals surface area (Å²) in [4.78, 5) is 25.8. The number of hydrogen-bond acceptors (Lipinski definition) is 3. The third-order valence-corrected chi connectivity index (χ3v) is 4.48. The average Bonchev–Trinajstić information content (AvgIpc) is 2.35. The van der Waals surface area contributed by atoms with Gasteiger partial charge in [-0.2, -0.15) is 0 Å². The summed E-state index contributed by atoms with van der Waals surface area (Å²) in [7, 11) is 0. The molecule has 1 aliphatic carbocycles. The van der Waals surface area contributed by atoms with E-state index in [1.165, 1.54) is 32.1 Å². The van der Waals surface area contributed by atoms with Crippen molar-refractivity contribution in [3.8, 4) is 0 Å². The van der Waals surface area contributed by atoms with E-state index >= 15 is 0 Å². The molecule has 1 aliphatic heterocycles. The fourth-order valence-corrected chi connectivity index (χ4v) is 3.56. The van der Waals surface area contributed by atoms with Gasteiger partial charge in [0.05, 0.1) is 6.54 Å². The minimum absolute atomic E-state index is 0.203. The van der Waals surface area contributed by atoms with Crippen LogP contribution in [0.2, 0.25) is 0 Å². The number of urea groups is 1. The Morgan fingerprint density at radius 1 is 1.10 bits per heavy atom. The van der Waals surface area contributed by atoms with Gasteiger partial charge in [0.1, 0.15) is 0 Å². The van der Waals surface area contributed by atoms with Gasteiger partial charge in [-0.05, 0) is 52.0 Å². The molecule has 3 amide bonds. The van der Waals surface area contributed by atoms with Gasteiger partial charge in [-0.3, -0.25) is 15.0 Å². The summed E-state index contributed by atoms with van der Waals surface area (Å²) < 4.78 is 0. The van der Waals surface area contributed by atoms with Crippen molar-refractivity contribution in [3.63, 3.8) is 0 Å². The number of hydrogen-bond donors (Lipinski definition) is 2. The van der Waals surface area contributed by atoms with E-state index in [-0.39, 0.29) is 11.4 Å². The van der Waals surface area contributed by atoms with Crippen molar-refractivity contribution in [2.45, 2.75) is 58.4 Å². The summed E-state index contributed by atoms with van der Waals surface area (Å²) in [5.41, 5.74) is -0.329. The molecule has 2 unspecified atom stereocenters. The van der Waals surface area contributed by atoms with Crippen LogP contribution in [0.15, 0.2) is 0 Å². The Hall–Kier alpha value is -1.10. The molecule has 0 bridgehead atoms. The summed E-state index contributed by atoms with van der Waals surface area (Å²) in [6.07, 6.45) is 6.56. The number of fused-ring (bicyclic) bond motifs is 1. The first-order valence-corrected chi connectivity index (χ1v) is 8.18. The Labute approximate surface area is 127 Å². The van der Waals surface area contributed by atoms with E-state index in [0.29, 0.717) is 6.54 Å². The van der Waals surface area contributed by atoms with Gasteiger partial charge in [0.25, 0.3) is 0 Å². The molecule has 0 radical (unpaired) electrons. The lowest BCUT2D eigenvalue weighted by atomic mass is 9.75. The van der Waals surface area contributed by atoms with Crippen LogP contribution in [0.4, 0.5) is 4.79 Å². The number of rotatable bonds is 2. The van der Waals surface area contributed by atoms with Crippen LogP contribution in [0.5, 0.6) is 0 Å². The Morgan fingerprint density at radius 3 is 2.43 bits per heavy atom. The van der Waals surface area contributed by atoms with Gasteiger partial charge in [-0.1, -0.05) is 19.3 Å². The number of imide groups is 1. The zero-order chi connectivity index (χ0) is 15.5. The number of likely N-dealkylation sites (tertiary alicyclic amines) is 1. The standard InChI is InChI=1S/C16H29N3O2/c1-16(2,3)18-15(21)17-14(20)11-19-9-8-12-6-4-5-7-13(12)10-19/h12-13H,4-11H2,1-3H3,(H2,17,18,20,21). The number of carbonyl (C=O) groups is 2. The SMILES string of the molecule is CC(C)(C)NC(=O)NC(=O)CN1CCC2CCCCC2C1. The van der Waals surface area contributed by atoms with E-state index in [0.717, 1.165) is 24.9 Å². The van der Waals surface area contributed by atoms with Crippen molar-refractivity contribution in [1.29, 1.82) is 0 Å². The van der Waals surface area contributed by atoms with E-state index in [4.69, 9.17) is 0 Å². The summed E-state index contributed by atoms with van der Waals surface area (Å²) in [5.74, 6) is 1.41. The largest absolute Gasteiger partial charge is 0.333 e. The molecule has 1 saturated carbocycles. The van der Waals surface area contributed by atoms with Gasteiger partial charge in [0, 0.05) is 12.1 Å². The van der Waals surface area contributed by atoms with Crippen LogP contribution in [0, 0.1) is 11.8 Å². The first kappa shape index (κ1) is 16.3. The van der Waals surface area contributed by atoms with E-state index < -0.39 is 6.03 Å². The molecule has 0 aromatic carbocycles. The fourth-order valence-electron chi connectivity index (χ4n) is 3.56. The highest BCUT2D eigenvalue weighted by molar-refractivity contribution is 5.95. The van der Waals surface area contributed by atoms with Crippen LogP contribution in [0.25, 0.3) is 0 Å². The molecule has 2 atom stereocenters. The van der Waals surface area contributed by atoms with Crippen LogP contribution >= 0.6 is 0 Å². The summed E-state index contributed by atoms with van der Waals surface area (Å²) in [6, 6.07) is -0.403. The molecular formula is C16H29N3O2. The number of amides is 3. The third kappa shape index (κ3) is 5.30. The quantitative estimate of drug-likeness (QED) is 0.820.